The first-order valence-electron chi connectivity index (χ1n) is 9.50. The van der Waals surface area contributed by atoms with Crippen LogP contribution in [0.15, 0.2) is 36.4 Å². The third kappa shape index (κ3) is 4.22. The van der Waals surface area contributed by atoms with E-state index in [1.807, 2.05) is 12.1 Å². The van der Waals surface area contributed by atoms with Crippen molar-refractivity contribution >= 4 is 11.6 Å². The second-order valence-corrected chi connectivity index (χ2v) is 8.09. The Balaban J connectivity index is 2.16. The Morgan fingerprint density at radius 1 is 1.10 bits per heavy atom. The topological polar surface area (TPSA) is 118 Å². The maximum absolute atomic E-state index is 12.1. The molecule has 2 aromatic carbocycles. The van der Waals surface area contributed by atoms with Gasteiger partial charge in [-0.25, -0.2) is 4.68 Å². The first-order valence-corrected chi connectivity index (χ1v) is 9.50. The van der Waals surface area contributed by atoms with Crippen LogP contribution in [0.2, 0.25) is 0 Å². The van der Waals surface area contributed by atoms with Crippen molar-refractivity contribution in [3.63, 3.8) is 0 Å². The van der Waals surface area contributed by atoms with E-state index >= 15 is 0 Å². The van der Waals surface area contributed by atoms with Crippen LogP contribution in [0.1, 0.15) is 48.1 Å². The number of methoxy groups -OCH3 is 2. The number of rotatable bonds is 6. The van der Waals surface area contributed by atoms with Crippen LogP contribution in [0.4, 0.5) is 5.69 Å². The molecule has 0 radical (unpaired) electrons. The molecular formula is C22H27N5O3. The van der Waals surface area contributed by atoms with E-state index in [-0.39, 0.29) is 11.1 Å². The van der Waals surface area contributed by atoms with E-state index < -0.39 is 5.91 Å². The molecule has 3 rings (SSSR count). The average Bonchev–Trinajstić information content (AvgIpc) is 3.09. The first kappa shape index (κ1) is 21.2. The van der Waals surface area contributed by atoms with E-state index in [9.17, 15) is 4.79 Å². The summed E-state index contributed by atoms with van der Waals surface area (Å²) in [5.41, 5.74) is 15.5. The number of nitrogen functional groups attached to an aromatic ring is 1. The van der Waals surface area contributed by atoms with Crippen molar-refractivity contribution in [3.8, 4) is 17.2 Å². The molecule has 8 heteroatoms. The average molecular weight is 409 g/mol. The molecule has 0 saturated heterocycles. The summed E-state index contributed by atoms with van der Waals surface area (Å²) in [6.07, 6.45) is 0.361. The molecular weight excluding hydrogens is 382 g/mol. The fraction of sp³-hybridized carbons (Fsp3) is 0.318. The SMILES string of the molecule is COc1ccc(OC)c(-n2nnc(C(N)=O)c2Cc2cc(N)cc(C(C)(C)C)c2)c1. The molecule has 0 fully saturated rings. The van der Waals surface area contributed by atoms with Crippen LogP contribution < -0.4 is 20.9 Å². The molecule has 1 aromatic heterocycles. The molecule has 3 aromatic rings. The number of hydrogen-bond donors (Lipinski definition) is 2. The smallest absolute Gasteiger partial charge is 0.271 e. The molecule has 4 N–H and O–H groups in total. The summed E-state index contributed by atoms with van der Waals surface area (Å²) in [6.45, 7) is 6.36. The van der Waals surface area contributed by atoms with Gasteiger partial charge in [-0.3, -0.25) is 4.79 Å². The van der Waals surface area contributed by atoms with Crippen LogP contribution in [-0.2, 0) is 11.8 Å². The van der Waals surface area contributed by atoms with Gasteiger partial charge < -0.3 is 20.9 Å². The predicted octanol–water partition coefficient (Wildman–Crippen LogP) is 2.85. The third-order valence-electron chi connectivity index (χ3n) is 4.86. The van der Waals surface area contributed by atoms with Gasteiger partial charge in [-0.2, -0.15) is 0 Å². The molecule has 0 saturated carbocycles. The molecule has 0 spiro atoms. The minimum Gasteiger partial charge on any atom is -0.497 e. The summed E-state index contributed by atoms with van der Waals surface area (Å²) in [5, 5.41) is 8.20. The van der Waals surface area contributed by atoms with Crippen molar-refractivity contribution in [2.75, 3.05) is 20.0 Å². The van der Waals surface area contributed by atoms with E-state index in [0.29, 0.717) is 35.0 Å². The van der Waals surface area contributed by atoms with Crippen LogP contribution in [0.25, 0.3) is 5.69 Å². The molecule has 1 amide bonds. The lowest BCUT2D eigenvalue weighted by atomic mass is 9.85. The second-order valence-electron chi connectivity index (χ2n) is 8.09. The van der Waals surface area contributed by atoms with Crippen molar-refractivity contribution in [1.29, 1.82) is 0 Å². The Labute approximate surface area is 175 Å². The molecule has 8 nitrogen and oxygen atoms in total. The van der Waals surface area contributed by atoms with Gasteiger partial charge in [-0.05, 0) is 40.8 Å². The van der Waals surface area contributed by atoms with E-state index in [2.05, 4.69) is 37.1 Å². The van der Waals surface area contributed by atoms with Crippen molar-refractivity contribution in [3.05, 3.63) is 58.9 Å². The Hall–Kier alpha value is -3.55. The summed E-state index contributed by atoms with van der Waals surface area (Å²) >= 11 is 0. The lowest BCUT2D eigenvalue weighted by Crippen LogP contribution is -2.16. The van der Waals surface area contributed by atoms with Gasteiger partial charge in [0, 0.05) is 18.2 Å². The number of benzene rings is 2. The highest BCUT2D eigenvalue weighted by atomic mass is 16.5. The number of anilines is 1. The summed E-state index contributed by atoms with van der Waals surface area (Å²) in [7, 11) is 3.13. The Kier molecular flexibility index (Phi) is 5.69. The number of carbonyl (C=O) groups is 1. The van der Waals surface area contributed by atoms with Gasteiger partial charge in [-0.15, -0.1) is 5.10 Å². The Morgan fingerprint density at radius 3 is 2.43 bits per heavy atom. The van der Waals surface area contributed by atoms with Crippen LogP contribution in [0, 0.1) is 0 Å². The number of primary amides is 1. The van der Waals surface area contributed by atoms with Gasteiger partial charge in [0.25, 0.3) is 5.91 Å². The molecule has 1 heterocycles. The molecule has 0 atom stereocenters. The highest BCUT2D eigenvalue weighted by Gasteiger charge is 2.22. The highest BCUT2D eigenvalue weighted by molar-refractivity contribution is 5.92. The Bertz CT molecular complexity index is 1080. The molecule has 0 bridgehead atoms. The number of hydrogen-bond acceptors (Lipinski definition) is 6. The van der Waals surface area contributed by atoms with E-state index in [0.717, 1.165) is 11.1 Å². The zero-order chi connectivity index (χ0) is 22.1. The second kappa shape index (κ2) is 8.06. The maximum Gasteiger partial charge on any atom is 0.271 e. The van der Waals surface area contributed by atoms with Gasteiger partial charge in [0.15, 0.2) is 5.69 Å². The standard InChI is InChI=1S/C22H27N5O3/c1-22(2,3)14-8-13(9-15(23)11-14)10-18-20(21(24)28)25-26-27(18)17-12-16(29-4)6-7-19(17)30-5/h6-9,11-12H,10,23H2,1-5H3,(H2,24,28). The molecule has 30 heavy (non-hydrogen) atoms. The number of nitrogens with two attached hydrogens (primary N) is 2. The number of ether oxygens (including phenoxy) is 2. The fourth-order valence-corrected chi connectivity index (χ4v) is 3.25. The van der Waals surface area contributed by atoms with Crippen LogP contribution >= 0.6 is 0 Å². The molecule has 158 valence electrons. The minimum absolute atomic E-state index is 0.0782. The van der Waals surface area contributed by atoms with Gasteiger partial charge in [0.1, 0.15) is 17.2 Å². The van der Waals surface area contributed by atoms with Crippen molar-refractivity contribution in [1.82, 2.24) is 15.0 Å². The quantitative estimate of drug-likeness (QED) is 0.604. The van der Waals surface area contributed by atoms with Crippen molar-refractivity contribution < 1.29 is 14.3 Å². The molecule has 0 aliphatic rings. The predicted molar refractivity (Wildman–Crippen MR) is 115 cm³/mol. The number of nitrogens with zero attached hydrogens (tertiary/aromatic N) is 3. The van der Waals surface area contributed by atoms with E-state index in [1.165, 1.54) is 0 Å². The number of amides is 1. The summed E-state index contributed by atoms with van der Waals surface area (Å²) in [5.74, 6) is 0.519. The lowest BCUT2D eigenvalue weighted by molar-refractivity contribution is 0.0994. The summed E-state index contributed by atoms with van der Waals surface area (Å²) < 4.78 is 12.4. The fourth-order valence-electron chi connectivity index (χ4n) is 3.25. The van der Waals surface area contributed by atoms with E-state index in [4.69, 9.17) is 20.9 Å². The van der Waals surface area contributed by atoms with Crippen molar-refractivity contribution in [2.24, 2.45) is 5.73 Å². The summed E-state index contributed by atoms with van der Waals surface area (Å²) in [6, 6.07) is 11.2. The molecule has 0 aliphatic carbocycles. The molecule has 0 aliphatic heterocycles. The zero-order valence-electron chi connectivity index (χ0n) is 17.9. The van der Waals surface area contributed by atoms with Gasteiger partial charge in [0.05, 0.1) is 19.9 Å². The van der Waals surface area contributed by atoms with Gasteiger partial charge >= 0.3 is 0 Å². The summed E-state index contributed by atoms with van der Waals surface area (Å²) in [4.78, 5) is 12.1. The maximum atomic E-state index is 12.1. The van der Waals surface area contributed by atoms with Gasteiger partial charge in [-0.1, -0.05) is 32.1 Å². The number of carbonyl (C=O) groups excluding carboxylic acids is 1. The van der Waals surface area contributed by atoms with E-state index in [1.54, 1.807) is 37.1 Å². The third-order valence-corrected chi connectivity index (χ3v) is 4.86. The van der Waals surface area contributed by atoms with Crippen LogP contribution in [0.5, 0.6) is 11.5 Å². The van der Waals surface area contributed by atoms with Gasteiger partial charge in [0.2, 0.25) is 0 Å². The van der Waals surface area contributed by atoms with Crippen LogP contribution in [-0.4, -0.2) is 35.1 Å². The number of aromatic nitrogens is 3. The lowest BCUT2D eigenvalue weighted by Gasteiger charge is -2.21. The zero-order valence-corrected chi connectivity index (χ0v) is 17.9. The highest BCUT2D eigenvalue weighted by Crippen LogP contribution is 2.31. The Morgan fingerprint density at radius 2 is 1.83 bits per heavy atom. The molecule has 0 unspecified atom stereocenters. The monoisotopic (exact) mass is 409 g/mol. The van der Waals surface area contributed by atoms with Crippen molar-refractivity contribution in [2.45, 2.75) is 32.6 Å². The largest absolute Gasteiger partial charge is 0.497 e. The normalized spacial score (nSPS) is 11.4. The minimum atomic E-state index is -0.655. The van der Waals surface area contributed by atoms with Crippen LogP contribution in [0.3, 0.4) is 0 Å². The first-order chi connectivity index (χ1) is 14.1.